The molecule has 0 bridgehead atoms. The van der Waals surface area contributed by atoms with Gasteiger partial charge in [-0.05, 0) is 6.92 Å². The molecule has 0 fully saturated rings. The summed E-state index contributed by atoms with van der Waals surface area (Å²) in [7, 11) is 1.27. The molecule has 84 valence electrons. The minimum absolute atomic E-state index is 0.159. The van der Waals surface area contributed by atoms with E-state index in [0.29, 0.717) is 16.4 Å². The molecule has 0 radical (unpaired) electrons. The van der Waals surface area contributed by atoms with Crippen molar-refractivity contribution in [3.8, 4) is 0 Å². The smallest absolute Gasteiger partial charge is 0.343 e. The quantitative estimate of drug-likeness (QED) is 0.754. The Hall–Kier alpha value is -1.82. The monoisotopic (exact) mass is 240 g/mol. The van der Waals surface area contributed by atoms with Crippen LogP contribution in [0.3, 0.4) is 0 Å². The topological polar surface area (TPSA) is 82.5 Å². The predicted octanol–water partition coefficient (Wildman–Crippen LogP) is 1.06. The number of carbonyl (C=O) groups is 1. The van der Waals surface area contributed by atoms with Gasteiger partial charge in [0, 0.05) is 6.20 Å². The minimum atomic E-state index is -0.559. The molecule has 16 heavy (non-hydrogen) atoms. The zero-order valence-electron chi connectivity index (χ0n) is 8.69. The lowest BCUT2D eigenvalue weighted by Gasteiger charge is -2.04. The Kier molecular flexibility index (Phi) is 2.43. The largest absolute Gasteiger partial charge is 0.465 e. The lowest BCUT2D eigenvalue weighted by Crippen LogP contribution is -2.11. The molecule has 0 aromatic carbocycles. The van der Waals surface area contributed by atoms with Gasteiger partial charge in [-0.1, -0.05) is 11.6 Å². The first-order valence-electron chi connectivity index (χ1n) is 4.44. The molecule has 0 aliphatic carbocycles. The van der Waals surface area contributed by atoms with Crippen molar-refractivity contribution in [1.82, 2.24) is 14.6 Å². The Labute approximate surface area is 96.0 Å². The lowest BCUT2D eigenvalue weighted by molar-refractivity contribution is 0.0601. The third-order valence-electron chi connectivity index (χ3n) is 2.19. The number of hydrogen-bond acceptors (Lipinski definition) is 5. The molecule has 2 rings (SSSR count). The van der Waals surface area contributed by atoms with Gasteiger partial charge in [-0.3, -0.25) is 0 Å². The van der Waals surface area contributed by atoms with E-state index in [1.165, 1.54) is 17.8 Å². The van der Waals surface area contributed by atoms with Crippen LogP contribution in [0.25, 0.3) is 5.65 Å². The molecule has 0 atom stereocenters. The molecule has 0 spiro atoms. The van der Waals surface area contributed by atoms with Gasteiger partial charge in [0.15, 0.2) is 5.65 Å². The number of anilines is 1. The second-order valence-electron chi connectivity index (χ2n) is 3.18. The first kappa shape index (κ1) is 10.7. The number of rotatable bonds is 1. The molecular weight excluding hydrogens is 232 g/mol. The van der Waals surface area contributed by atoms with Crippen LogP contribution in [0.2, 0.25) is 5.02 Å². The van der Waals surface area contributed by atoms with Gasteiger partial charge in [0.2, 0.25) is 0 Å². The van der Waals surface area contributed by atoms with Crippen LogP contribution in [0.5, 0.6) is 0 Å². The fraction of sp³-hybridized carbons (Fsp3) is 0.222. The van der Waals surface area contributed by atoms with Crippen molar-refractivity contribution in [2.75, 3.05) is 12.8 Å². The van der Waals surface area contributed by atoms with E-state index in [1.54, 1.807) is 6.92 Å². The second-order valence-corrected chi connectivity index (χ2v) is 3.56. The number of hydrogen-bond donors (Lipinski definition) is 1. The van der Waals surface area contributed by atoms with Gasteiger partial charge in [-0.15, -0.1) is 0 Å². The number of fused-ring (bicyclic) bond motifs is 1. The Balaban J connectivity index is 2.75. The van der Waals surface area contributed by atoms with Crippen molar-refractivity contribution in [2.45, 2.75) is 6.92 Å². The maximum atomic E-state index is 11.4. The molecule has 0 amide bonds. The fourth-order valence-electron chi connectivity index (χ4n) is 1.35. The van der Waals surface area contributed by atoms with Crippen LogP contribution < -0.4 is 5.73 Å². The first-order valence-corrected chi connectivity index (χ1v) is 4.81. The zero-order chi connectivity index (χ0) is 11.9. The van der Waals surface area contributed by atoms with E-state index in [9.17, 15) is 4.79 Å². The summed E-state index contributed by atoms with van der Waals surface area (Å²) in [5.41, 5.74) is 6.96. The molecule has 0 saturated heterocycles. The molecule has 0 unspecified atom stereocenters. The number of aryl methyl sites for hydroxylation is 1. The summed E-state index contributed by atoms with van der Waals surface area (Å²) in [5, 5.41) is 4.50. The van der Waals surface area contributed by atoms with Gasteiger partial charge in [0.25, 0.3) is 0 Å². The highest BCUT2D eigenvalue weighted by molar-refractivity contribution is 6.34. The van der Waals surface area contributed by atoms with Gasteiger partial charge in [0.05, 0.1) is 12.8 Å². The molecule has 2 N–H and O–H groups in total. The number of methoxy groups -OCH3 is 1. The number of nitrogens with two attached hydrogens (primary N) is 1. The highest BCUT2D eigenvalue weighted by Crippen LogP contribution is 2.23. The summed E-state index contributed by atoms with van der Waals surface area (Å²) in [4.78, 5) is 15.4. The molecule has 2 aromatic rings. The molecular formula is C9H9ClN4O2. The van der Waals surface area contributed by atoms with Gasteiger partial charge in [-0.2, -0.15) is 9.61 Å². The third kappa shape index (κ3) is 1.38. The van der Waals surface area contributed by atoms with Crippen molar-refractivity contribution >= 4 is 29.0 Å². The summed E-state index contributed by atoms with van der Waals surface area (Å²) >= 11 is 5.96. The number of halogens is 1. The Morgan fingerprint density at radius 3 is 2.94 bits per heavy atom. The number of aromatic nitrogens is 3. The summed E-state index contributed by atoms with van der Waals surface area (Å²) < 4.78 is 5.89. The van der Waals surface area contributed by atoms with E-state index in [0.717, 1.165) is 0 Å². The van der Waals surface area contributed by atoms with Crippen LogP contribution in [0.15, 0.2) is 6.20 Å². The average molecular weight is 241 g/mol. The van der Waals surface area contributed by atoms with Crippen LogP contribution in [-0.2, 0) is 4.74 Å². The predicted molar refractivity (Wildman–Crippen MR) is 58.5 cm³/mol. The van der Waals surface area contributed by atoms with Crippen LogP contribution in [0.1, 0.15) is 16.1 Å². The maximum absolute atomic E-state index is 11.4. The van der Waals surface area contributed by atoms with Gasteiger partial charge in [0.1, 0.15) is 16.4 Å². The Morgan fingerprint density at radius 1 is 1.62 bits per heavy atom. The molecule has 0 saturated carbocycles. The first-order chi connectivity index (χ1) is 7.56. The molecule has 0 aliphatic heterocycles. The SMILES string of the molecule is COC(=O)c1cnc2c(Cl)c(C)nn2c1N. The summed E-state index contributed by atoms with van der Waals surface area (Å²) in [6.45, 7) is 1.73. The van der Waals surface area contributed by atoms with Crippen molar-refractivity contribution in [1.29, 1.82) is 0 Å². The highest BCUT2D eigenvalue weighted by Gasteiger charge is 2.17. The maximum Gasteiger partial charge on any atom is 0.343 e. The number of nitrogens with zero attached hydrogens (tertiary/aromatic N) is 3. The highest BCUT2D eigenvalue weighted by atomic mass is 35.5. The van der Waals surface area contributed by atoms with Crippen molar-refractivity contribution in [3.05, 3.63) is 22.5 Å². The standard InChI is InChI=1S/C9H9ClN4O2/c1-4-6(10)8-12-3-5(9(15)16-2)7(11)14(8)13-4/h3H,11H2,1-2H3. The minimum Gasteiger partial charge on any atom is -0.465 e. The average Bonchev–Trinajstić information content (AvgIpc) is 2.57. The van der Waals surface area contributed by atoms with Crippen LogP contribution in [0.4, 0.5) is 5.82 Å². The summed E-state index contributed by atoms with van der Waals surface area (Å²) in [5.74, 6) is -0.400. The van der Waals surface area contributed by atoms with E-state index in [4.69, 9.17) is 17.3 Å². The van der Waals surface area contributed by atoms with Crippen molar-refractivity contribution < 1.29 is 9.53 Å². The number of ether oxygens (including phenoxy) is 1. The third-order valence-corrected chi connectivity index (χ3v) is 2.63. The van der Waals surface area contributed by atoms with E-state index in [-0.39, 0.29) is 11.4 Å². The van der Waals surface area contributed by atoms with Crippen molar-refractivity contribution in [3.63, 3.8) is 0 Å². The van der Waals surface area contributed by atoms with Gasteiger partial charge < -0.3 is 10.5 Å². The molecule has 2 heterocycles. The van der Waals surface area contributed by atoms with Crippen LogP contribution >= 0.6 is 11.6 Å². The Morgan fingerprint density at radius 2 is 2.31 bits per heavy atom. The second kappa shape index (κ2) is 3.64. The van der Waals surface area contributed by atoms with Gasteiger partial charge >= 0.3 is 5.97 Å². The fourth-order valence-corrected chi connectivity index (χ4v) is 1.52. The number of nitrogen functional groups attached to an aromatic ring is 1. The normalized spacial score (nSPS) is 10.7. The van der Waals surface area contributed by atoms with E-state index < -0.39 is 5.97 Å². The molecule has 6 nitrogen and oxygen atoms in total. The summed E-state index contributed by atoms with van der Waals surface area (Å²) in [6, 6.07) is 0. The molecule has 2 aromatic heterocycles. The van der Waals surface area contributed by atoms with E-state index >= 15 is 0 Å². The number of carbonyl (C=O) groups excluding carboxylic acids is 1. The van der Waals surface area contributed by atoms with Crippen LogP contribution in [0, 0.1) is 6.92 Å². The zero-order valence-corrected chi connectivity index (χ0v) is 9.45. The van der Waals surface area contributed by atoms with E-state index in [1.807, 2.05) is 0 Å². The summed E-state index contributed by atoms with van der Waals surface area (Å²) in [6.07, 6.45) is 1.32. The molecule has 7 heteroatoms. The number of esters is 1. The van der Waals surface area contributed by atoms with Gasteiger partial charge in [-0.25, -0.2) is 9.78 Å². The lowest BCUT2D eigenvalue weighted by atomic mass is 10.3. The van der Waals surface area contributed by atoms with E-state index in [2.05, 4.69) is 14.8 Å². The van der Waals surface area contributed by atoms with Crippen LogP contribution in [-0.4, -0.2) is 27.7 Å². The van der Waals surface area contributed by atoms with Crippen molar-refractivity contribution in [2.24, 2.45) is 0 Å². The Bertz CT molecular complexity index is 578. The molecule has 0 aliphatic rings.